The van der Waals surface area contributed by atoms with Crippen molar-refractivity contribution >= 4 is 28.3 Å². The number of methoxy groups -OCH3 is 1. The van der Waals surface area contributed by atoms with Crippen molar-refractivity contribution in [3.05, 3.63) is 27.3 Å². The van der Waals surface area contributed by atoms with Crippen LogP contribution in [0.4, 0.5) is 5.69 Å². The van der Waals surface area contributed by atoms with Gasteiger partial charge in [0.2, 0.25) is 0 Å². The monoisotopic (exact) mass is 333 g/mol. The third-order valence-corrected chi connectivity index (χ3v) is 3.94. The molecule has 0 unspecified atom stereocenters. The van der Waals surface area contributed by atoms with E-state index in [0.717, 1.165) is 13.0 Å². The van der Waals surface area contributed by atoms with E-state index in [0.29, 0.717) is 0 Å². The topological polar surface area (TPSA) is 21.3 Å². The maximum atomic E-state index is 5.38. The van der Waals surface area contributed by atoms with Crippen LogP contribution in [0.15, 0.2) is 18.2 Å². The van der Waals surface area contributed by atoms with E-state index in [1.165, 1.54) is 14.8 Å². The molecule has 0 aliphatic heterocycles. The second-order valence-electron chi connectivity index (χ2n) is 4.60. The summed E-state index contributed by atoms with van der Waals surface area (Å²) in [7, 11) is 1.76. The van der Waals surface area contributed by atoms with Crippen LogP contribution in [-0.2, 0) is 4.74 Å². The molecule has 1 aromatic rings. The minimum Gasteiger partial charge on any atom is -0.385 e. The summed E-state index contributed by atoms with van der Waals surface area (Å²) in [5.74, 6) is 0. The highest BCUT2D eigenvalue weighted by atomic mass is 127. The normalized spacial score (nSPS) is 11.6. The first-order valence-corrected chi connectivity index (χ1v) is 6.58. The molecule has 0 aliphatic rings. The van der Waals surface area contributed by atoms with Crippen molar-refractivity contribution in [2.45, 2.75) is 32.8 Å². The number of nitrogens with one attached hydrogen (secondary N) is 1. The van der Waals surface area contributed by atoms with Crippen LogP contribution in [0.5, 0.6) is 0 Å². The first-order valence-electron chi connectivity index (χ1n) is 5.50. The number of hydrogen-bond donors (Lipinski definition) is 1. The standard InChI is InChI=1S/C13H20INO/c1-10-5-6-11(9-12(10)14)15-8-7-13(2,3)16-4/h5-6,9,15H,7-8H2,1-4H3. The van der Waals surface area contributed by atoms with Gasteiger partial charge in [0, 0.05) is 22.9 Å². The summed E-state index contributed by atoms with van der Waals surface area (Å²) in [5.41, 5.74) is 2.45. The molecule has 1 aromatic carbocycles. The molecule has 0 aliphatic carbocycles. The molecule has 0 heterocycles. The van der Waals surface area contributed by atoms with Gasteiger partial charge in [-0.2, -0.15) is 0 Å². The molecule has 0 fully saturated rings. The Morgan fingerprint density at radius 2 is 2.06 bits per heavy atom. The number of anilines is 1. The van der Waals surface area contributed by atoms with E-state index in [1.54, 1.807) is 7.11 Å². The molecule has 0 amide bonds. The summed E-state index contributed by atoms with van der Waals surface area (Å²) >= 11 is 2.36. The smallest absolute Gasteiger partial charge is 0.0639 e. The quantitative estimate of drug-likeness (QED) is 0.827. The fraction of sp³-hybridized carbons (Fsp3) is 0.538. The van der Waals surface area contributed by atoms with Crippen molar-refractivity contribution in [2.24, 2.45) is 0 Å². The van der Waals surface area contributed by atoms with Gasteiger partial charge in [-0.1, -0.05) is 6.07 Å². The van der Waals surface area contributed by atoms with Crippen LogP contribution in [0.2, 0.25) is 0 Å². The van der Waals surface area contributed by atoms with Gasteiger partial charge >= 0.3 is 0 Å². The Balaban J connectivity index is 2.46. The van der Waals surface area contributed by atoms with Gasteiger partial charge in [0.25, 0.3) is 0 Å². The van der Waals surface area contributed by atoms with Gasteiger partial charge in [0.1, 0.15) is 0 Å². The summed E-state index contributed by atoms with van der Waals surface area (Å²) in [6.45, 7) is 7.26. The lowest BCUT2D eigenvalue weighted by Crippen LogP contribution is -2.25. The molecule has 16 heavy (non-hydrogen) atoms. The predicted molar refractivity (Wildman–Crippen MR) is 78.1 cm³/mol. The Morgan fingerprint density at radius 3 is 2.62 bits per heavy atom. The molecule has 90 valence electrons. The number of rotatable bonds is 5. The van der Waals surface area contributed by atoms with Crippen molar-refractivity contribution in [1.82, 2.24) is 0 Å². The van der Waals surface area contributed by atoms with Crippen LogP contribution in [-0.4, -0.2) is 19.3 Å². The Hall–Kier alpha value is -0.290. The minimum absolute atomic E-state index is 0.0507. The zero-order chi connectivity index (χ0) is 12.2. The van der Waals surface area contributed by atoms with Crippen LogP contribution in [0.1, 0.15) is 25.8 Å². The van der Waals surface area contributed by atoms with Crippen molar-refractivity contribution < 1.29 is 4.74 Å². The van der Waals surface area contributed by atoms with Gasteiger partial charge in [-0.05, 0) is 67.5 Å². The Bertz CT molecular complexity index is 350. The van der Waals surface area contributed by atoms with Gasteiger partial charge < -0.3 is 10.1 Å². The lowest BCUT2D eigenvalue weighted by atomic mass is 10.1. The Labute approximate surface area is 112 Å². The van der Waals surface area contributed by atoms with Crippen LogP contribution in [0.25, 0.3) is 0 Å². The number of halogens is 1. The van der Waals surface area contributed by atoms with Gasteiger partial charge in [0.15, 0.2) is 0 Å². The first-order chi connectivity index (χ1) is 7.44. The zero-order valence-corrected chi connectivity index (χ0v) is 12.6. The molecule has 0 bridgehead atoms. The highest BCUT2D eigenvalue weighted by molar-refractivity contribution is 14.1. The van der Waals surface area contributed by atoms with Gasteiger partial charge in [-0.25, -0.2) is 0 Å². The molecule has 1 N–H and O–H groups in total. The van der Waals surface area contributed by atoms with E-state index in [9.17, 15) is 0 Å². The molecular weight excluding hydrogens is 313 g/mol. The van der Waals surface area contributed by atoms with E-state index in [-0.39, 0.29) is 5.60 Å². The van der Waals surface area contributed by atoms with E-state index >= 15 is 0 Å². The molecule has 1 rings (SSSR count). The van der Waals surface area contributed by atoms with E-state index < -0.39 is 0 Å². The number of ether oxygens (including phenoxy) is 1. The fourth-order valence-electron chi connectivity index (χ4n) is 1.31. The zero-order valence-electron chi connectivity index (χ0n) is 10.4. The molecule has 0 saturated heterocycles. The average molecular weight is 333 g/mol. The number of hydrogen-bond acceptors (Lipinski definition) is 2. The fourth-order valence-corrected chi connectivity index (χ4v) is 1.83. The number of benzene rings is 1. The van der Waals surface area contributed by atoms with Crippen molar-refractivity contribution in [3.63, 3.8) is 0 Å². The average Bonchev–Trinajstić information content (AvgIpc) is 2.23. The first kappa shape index (κ1) is 13.8. The van der Waals surface area contributed by atoms with Gasteiger partial charge in [0.05, 0.1) is 5.60 Å². The maximum absolute atomic E-state index is 5.38. The third-order valence-electron chi connectivity index (χ3n) is 2.78. The van der Waals surface area contributed by atoms with Crippen LogP contribution in [0, 0.1) is 10.5 Å². The summed E-state index contributed by atoms with van der Waals surface area (Å²) in [6.07, 6.45) is 0.994. The maximum Gasteiger partial charge on any atom is 0.0639 e. The van der Waals surface area contributed by atoms with Crippen LogP contribution >= 0.6 is 22.6 Å². The van der Waals surface area contributed by atoms with E-state index in [1.807, 2.05) is 0 Å². The largest absolute Gasteiger partial charge is 0.385 e. The second kappa shape index (κ2) is 5.87. The van der Waals surface area contributed by atoms with Gasteiger partial charge in [-0.15, -0.1) is 0 Å². The second-order valence-corrected chi connectivity index (χ2v) is 5.77. The Morgan fingerprint density at radius 1 is 1.38 bits per heavy atom. The summed E-state index contributed by atoms with van der Waals surface area (Å²) in [4.78, 5) is 0. The molecule has 3 heteroatoms. The summed E-state index contributed by atoms with van der Waals surface area (Å²) < 4.78 is 6.68. The Kier molecular flexibility index (Phi) is 5.05. The molecule has 0 spiro atoms. The van der Waals surface area contributed by atoms with E-state index in [4.69, 9.17) is 4.74 Å². The lowest BCUT2D eigenvalue weighted by Gasteiger charge is -2.23. The van der Waals surface area contributed by atoms with Gasteiger partial charge in [-0.3, -0.25) is 0 Å². The highest BCUT2D eigenvalue weighted by Gasteiger charge is 2.15. The van der Waals surface area contributed by atoms with E-state index in [2.05, 4.69) is 66.9 Å². The predicted octanol–water partition coefficient (Wildman–Crippen LogP) is 3.83. The van der Waals surface area contributed by atoms with Crippen LogP contribution < -0.4 is 5.32 Å². The van der Waals surface area contributed by atoms with Crippen molar-refractivity contribution in [3.8, 4) is 0 Å². The van der Waals surface area contributed by atoms with Crippen molar-refractivity contribution in [2.75, 3.05) is 19.0 Å². The molecular formula is C13H20INO. The number of aryl methyl sites for hydroxylation is 1. The summed E-state index contributed by atoms with van der Waals surface area (Å²) in [5, 5.41) is 3.42. The van der Waals surface area contributed by atoms with Crippen molar-refractivity contribution in [1.29, 1.82) is 0 Å². The summed E-state index contributed by atoms with van der Waals surface area (Å²) in [6, 6.07) is 6.44. The highest BCUT2D eigenvalue weighted by Crippen LogP contribution is 2.18. The molecule has 0 aromatic heterocycles. The molecule has 0 atom stereocenters. The minimum atomic E-state index is -0.0507. The molecule has 0 saturated carbocycles. The SMILES string of the molecule is COC(C)(C)CCNc1ccc(C)c(I)c1. The van der Waals surface area contributed by atoms with Crippen LogP contribution in [0.3, 0.4) is 0 Å². The third kappa shape index (κ3) is 4.29. The molecule has 0 radical (unpaired) electrons. The lowest BCUT2D eigenvalue weighted by molar-refractivity contribution is 0.0185. The molecule has 2 nitrogen and oxygen atoms in total.